The van der Waals surface area contributed by atoms with E-state index in [9.17, 15) is 5.11 Å². The van der Waals surface area contributed by atoms with E-state index in [0.717, 1.165) is 57.8 Å². The van der Waals surface area contributed by atoms with Crippen LogP contribution in [-0.2, 0) is 0 Å². The summed E-state index contributed by atoms with van der Waals surface area (Å²) in [6.45, 7) is 10.8. The van der Waals surface area contributed by atoms with Gasteiger partial charge in [-0.25, -0.2) is 0 Å². The maximum atomic E-state index is 10.7. The van der Waals surface area contributed by atoms with E-state index in [1.807, 2.05) is 48.7 Å². The highest BCUT2D eigenvalue weighted by Gasteiger charge is 2.42. The Kier molecular flexibility index (Phi) is 7.43. The van der Waals surface area contributed by atoms with Crippen LogP contribution in [-0.4, -0.2) is 32.9 Å². The number of aryl methyl sites for hydroxylation is 1. The average Bonchev–Trinajstić information content (AvgIpc) is 3.43. The van der Waals surface area contributed by atoms with Gasteiger partial charge in [0, 0.05) is 36.4 Å². The number of phenols is 1. The Balaban J connectivity index is 1.45. The van der Waals surface area contributed by atoms with Crippen molar-refractivity contribution in [3.05, 3.63) is 101 Å². The summed E-state index contributed by atoms with van der Waals surface area (Å²) in [4.78, 5) is 9.29. The smallest absolute Gasteiger partial charge is 0.174 e. The van der Waals surface area contributed by atoms with Gasteiger partial charge in [0.1, 0.15) is 5.75 Å². The first-order chi connectivity index (χ1) is 19.7. The minimum absolute atomic E-state index is 0.177. The molecule has 6 nitrogen and oxygen atoms in total. The van der Waals surface area contributed by atoms with E-state index < -0.39 is 0 Å². The van der Waals surface area contributed by atoms with E-state index in [0.29, 0.717) is 16.9 Å². The molecule has 41 heavy (non-hydrogen) atoms. The van der Waals surface area contributed by atoms with E-state index in [1.54, 1.807) is 6.07 Å². The second-order valence-electron chi connectivity index (χ2n) is 11.6. The zero-order valence-electron chi connectivity index (χ0n) is 23.9. The van der Waals surface area contributed by atoms with Crippen LogP contribution < -0.4 is 15.1 Å². The molecule has 6 rings (SSSR count). The number of pyridine rings is 1. The van der Waals surface area contributed by atoms with Crippen LogP contribution >= 0.6 is 23.8 Å². The Morgan fingerprint density at radius 1 is 0.951 bits per heavy atom. The number of rotatable bonds is 5. The van der Waals surface area contributed by atoms with Crippen LogP contribution in [0.2, 0.25) is 5.02 Å². The van der Waals surface area contributed by atoms with Crippen molar-refractivity contribution in [3.8, 4) is 11.4 Å². The van der Waals surface area contributed by atoms with Crippen LogP contribution in [0.1, 0.15) is 55.0 Å². The number of phenolic OH excluding ortho intramolecular Hbond substituents is 1. The summed E-state index contributed by atoms with van der Waals surface area (Å²) in [5, 5.41) is 15.6. The molecule has 2 aromatic carbocycles. The zero-order chi connectivity index (χ0) is 28.8. The quantitative estimate of drug-likeness (QED) is 0.236. The lowest BCUT2D eigenvalue weighted by molar-refractivity contribution is 0.357. The number of thiocarbonyl (C=S) groups is 1. The first-order valence-corrected chi connectivity index (χ1v) is 15.0. The molecule has 2 saturated heterocycles. The third-order valence-electron chi connectivity index (χ3n) is 8.43. The summed E-state index contributed by atoms with van der Waals surface area (Å²) in [6, 6.07) is 21.6. The SMILES string of the molecule is Cc1cc([C@@H]2[C@@H](c3ccccn3)NC(=S)N2c2ccc(N3C[C@H](C)C[C@H](C)C3)c(Cl)c2)c(C)n1-c1ccccc1O. The number of para-hydroxylation sites is 2. The molecule has 4 aromatic rings. The number of aromatic hydroxyl groups is 1. The fourth-order valence-corrected chi connectivity index (χ4v) is 7.46. The van der Waals surface area contributed by atoms with Gasteiger partial charge in [0.25, 0.3) is 0 Å². The number of anilines is 2. The Morgan fingerprint density at radius 2 is 1.68 bits per heavy atom. The van der Waals surface area contributed by atoms with E-state index in [2.05, 4.69) is 65.6 Å². The van der Waals surface area contributed by atoms with Crippen molar-refractivity contribution in [1.29, 1.82) is 0 Å². The molecule has 0 aliphatic carbocycles. The van der Waals surface area contributed by atoms with Gasteiger partial charge < -0.3 is 24.8 Å². The molecular weight excluding hydrogens is 550 g/mol. The molecule has 2 aliphatic rings. The molecule has 0 unspecified atom stereocenters. The summed E-state index contributed by atoms with van der Waals surface area (Å²) in [5.74, 6) is 1.50. The lowest BCUT2D eigenvalue weighted by Gasteiger charge is -2.37. The topological polar surface area (TPSA) is 56.6 Å². The van der Waals surface area contributed by atoms with Gasteiger partial charge in [0.15, 0.2) is 5.11 Å². The summed E-state index contributed by atoms with van der Waals surface area (Å²) in [5.41, 5.74) is 6.83. The fraction of sp³-hybridized carbons (Fsp3) is 0.333. The third-order valence-corrected chi connectivity index (χ3v) is 9.05. The maximum Gasteiger partial charge on any atom is 0.174 e. The predicted octanol–water partition coefficient (Wildman–Crippen LogP) is 7.51. The van der Waals surface area contributed by atoms with Crippen LogP contribution in [0, 0.1) is 25.7 Å². The maximum absolute atomic E-state index is 10.7. The number of piperidine rings is 1. The Bertz CT molecular complexity index is 1580. The number of halogens is 1. The van der Waals surface area contributed by atoms with Crippen LogP contribution in [0.5, 0.6) is 5.75 Å². The lowest BCUT2D eigenvalue weighted by atomic mass is 9.91. The van der Waals surface area contributed by atoms with Gasteiger partial charge in [0.2, 0.25) is 0 Å². The normalized spacial score (nSPS) is 22.7. The lowest BCUT2D eigenvalue weighted by Crippen LogP contribution is -2.38. The largest absolute Gasteiger partial charge is 0.506 e. The molecule has 2 aliphatic heterocycles. The fourth-order valence-electron chi connectivity index (χ4n) is 6.82. The van der Waals surface area contributed by atoms with E-state index >= 15 is 0 Å². The molecular formula is C33H36ClN5OS. The molecule has 2 aromatic heterocycles. The van der Waals surface area contributed by atoms with Crippen molar-refractivity contribution >= 4 is 40.3 Å². The molecule has 2 N–H and O–H groups in total. The highest BCUT2D eigenvalue weighted by Crippen LogP contribution is 2.45. The van der Waals surface area contributed by atoms with Crippen LogP contribution in [0.3, 0.4) is 0 Å². The van der Waals surface area contributed by atoms with Crippen LogP contribution in [0.4, 0.5) is 11.4 Å². The first-order valence-electron chi connectivity index (χ1n) is 14.2. The molecule has 4 atom stereocenters. The van der Waals surface area contributed by atoms with Crippen molar-refractivity contribution in [3.63, 3.8) is 0 Å². The van der Waals surface area contributed by atoms with Gasteiger partial charge in [-0.05, 0) is 98.4 Å². The van der Waals surface area contributed by atoms with E-state index in [-0.39, 0.29) is 17.8 Å². The molecule has 8 heteroatoms. The summed E-state index contributed by atoms with van der Waals surface area (Å²) in [7, 11) is 0. The van der Waals surface area contributed by atoms with Crippen molar-refractivity contribution in [2.24, 2.45) is 11.8 Å². The van der Waals surface area contributed by atoms with Gasteiger partial charge in [-0.2, -0.15) is 0 Å². The molecule has 0 spiro atoms. The van der Waals surface area contributed by atoms with Gasteiger partial charge >= 0.3 is 0 Å². The molecule has 212 valence electrons. The second-order valence-corrected chi connectivity index (χ2v) is 12.4. The van der Waals surface area contributed by atoms with Crippen LogP contribution in [0.15, 0.2) is 72.9 Å². The molecule has 2 fully saturated rings. The second kappa shape index (κ2) is 11.0. The minimum atomic E-state index is -0.180. The molecule has 4 heterocycles. The highest BCUT2D eigenvalue weighted by molar-refractivity contribution is 7.80. The van der Waals surface area contributed by atoms with Gasteiger partial charge in [-0.1, -0.05) is 43.6 Å². The Morgan fingerprint density at radius 3 is 2.37 bits per heavy atom. The Hall–Kier alpha value is -3.55. The molecule has 0 saturated carbocycles. The molecule has 0 radical (unpaired) electrons. The summed E-state index contributed by atoms with van der Waals surface area (Å²) in [6.07, 6.45) is 3.06. The van der Waals surface area contributed by atoms with Crippen LogP contribution in [0.25, 0.3) is 5.69 Å². The van der Waals surface area contributed by atoms with Gasteiger partial charge in [0.05, 0.1) is 34.2 Å². The number of benzene rings is 2. The van der Waals surface area contributed by atoms with Gasteiger partial charge in [-0.3, -0.25) is 4.98 Å². The van der Waals surface area contributed by atoms with E-state index in [1.165, 1.54) is 6.42 Å². The van der Waals surface area contributed by atoms with Crippen molar-refractivity contribution < 1.29 is 5.11 Å². The number of aromatic nitrogens is 2. The highest BCUT2D eigenvalue weighted by atomic mass is 35.5. The molecule has 0 amide bonds. The summed E-state index contributed by atoms with van der Waals surface area (Å²) < 4.78 is 2.11. The first kappa shape index (κ1) is 27.6. The average molecular weight is 586 g/mol. The number of nitrogens with zero attached hydrogens (tertiary/aromatic N) is 4. The Labute approximate surface area is 252 Å². The number of hydrogen-bond donors (Lipinski definition) is 2. The summed E-state index contributed by atoms with van der Waals surface area (Å²) >= 11 is 13.0. The number of nitrogens with one attached hydrogen (secondary N) is 1. The van der Waals surface area contributed by atoms with Crippen molar-refractivity contribution in [2.45, 2.75) is 46.2 Å². The standard InChI is InChI=1S/C33H36ClN5OS/c1-20-15-21(2)19-37(18-20)28-13-12-24(17-26(28)34)39-32(31(36-33(39)41)27-9-7-8-14-35-27)25-16-22(3)38(23(25)4)29-10-5-6-11-30(29)40/h5-14,16-17,20-21,31-32,40H,15,18-19H2,1-4H3,(H,36,41)/t20-,21+,31-,32-/m1/s1. The third kappa shape index (κ3) is 5.06. The minimum Gasteiger partial charge on any atom is -0.506 e. The van der Waals surface area contributed by atoms with E-state index in [4.69, 9.17) is 28.8 Å². The van der Waals surface area contributed by atoms with Crippen molar-refractivity contribution in [2.75, 3.05) is 22.9 Å². The van der Waals surface area contributed by atoms with Crippen molar-refractivity contribution in [1.82, 2.24) is 14.9 Å². The zero-order valence-corrected chi connectivity index (χ0v) is 25.5. The molecule has 0 bridgehead atoms. The monoisotopic (exact) mass is 585 g/mol. The number of hydrogen-bond acceptors (Lipinski definition) is 4. The van der Waals surface area contributed by atoms with Gasteiger partial charge in [-0.15, -0.1) is 0 Å². The predicted molar refractivity (Wildman–Crippen MR) is 171 cm³/mol.